The monoisotopic (exact) mass is 439 g/mol. The summed E-state index contributed by atoms with van der Waals surface area (Å²) in [7, 11) is 3.48. The van der Waals surface area contributed by atoms with Crippen molar-refractivity contribution < 1.29 is 14.3 Å². The molecule has 0 aliphatic heterocycles. The molecular weight excluding hydrogens is 414 g/mol. The molecule has 2 aromatic carbocycles. The standard InChI is InChI=1S/C24H26ClN3O3/c1-27-24(31-21-11-7-6-10-20(21)25)19(22(26-27)17-8-4-3-5-9-17)16-28(14-15-30-2)23(29)18-12-13-18/h3-11,18H,12-16H2,1-2H3. The molecule has 31 heavy (non-hydrogen) atoms. The Labute approximate surface area is 187 Å². The molecule has 162 valence electrons. The fraction of sp³-hybridized carbons (Fsp3) is 0.333. The Morgan fingerprint density at radius 3 is 2.55 bits per heavy atom. The van der Waals surface area contributed by atoms with E-state index in [-0.39, 0.29) is 11.8 Å². The van der Waals surface area contributed by atoms with Gasteiger partial charge in [-0.25, -0.2) is 4.68 Å². The van der Waals surface area contributed by atoms with Crippen LogP contribution in [0.15, 0.2) is 54.6 Å². The molecule has 0 unspecified atom stereocenters. The van der Waals surface area contributed by atoms with E-state index < -0.39 is 0 Å². The number of benzene rings is 2. The average molecular weight is 440 g/mol. The summed E-state index contributed by atoms with van der Waals surface area (Å²) < 4.78 is 13.2. The molecule has 1 aliphatic carbocycles. The Hall–Kier alpha value is -2.83. The van der Waals surface area contributed by atoms with Crippen LogP contribution in [0.5, 0.6) is 11.6 Å². The van der Waals surface area contributed by atoms with Crippen LogP contribution >= 0.6 is 11.6 Å². The second kappa shape index (κ2) is 9.54. The number of ether oxygens (including phenoxy) is 2. The third kappa shape index (κ3) is 4.92. The Morgan fingerprint density at radius 1 is 1.16 bits per heavy atom. The van der Waals surface area contributed by atoms with Crippen LogP contribution in [0.3, 0.4) is 0 Å². The third-order valence-corrected chi connectivity index (χ3v) is 5.64. The molecule has 1 saturated carbocycles. The van der Waals surface area contributed by atoms with Crippen molar-refractivity contribution in [1.82, 2.24) is 14.7 Å². The third-order valence-electron chi connectivity index (χ3n) is 5.33. The zero-order valence-corrected chi connectivity index (χ0v) is 18.5. The molecule has 4 rings (SSSR count). The van der Waals surface area contributed by atoms with Crippen LogP contribution in [-0.2, 0) is 23.1 Å². The number of aromatic nitrogens is 2. The van der Waals surface area contributed by atoms with E-state index in [9.17, 15) is 4.79 Å². The molecule has 3 aromatic rings. The number of carbonyl (C=O) groups is 1. The lowest BCUT2D eigenvalue weighted by molar-refractivity contribution is -0.133. The molecule has 1 fully saturated rings. The summed E-state index contributed by atoms with van der Waals surface area (Å²) >= 11 is 6.34. The first kappa shape index (κ1) is 21.4. The number of hydrogen-bond acceptors (Lipinski definition) is 4. The van der Waals surface area contributed by atoms with E-state index in [0.29, 0.717) is 36.3 Å². The van der Waals surface area contributed by atoms with E-state index in [1.807, 2.05) is 60.5 Å². The van der Waals surface area contributed by atoms with E-state index in [2.05, 4.69) is 0 Å². The van der Waals surface area contributed by atoms with Crippen LogP contribution in [-0.4, -0.2) is 40.8 Å². The molecule has 0 atom stereocenters. The number of amides is 1. The van der Waals surface area contributed by atoms with Gasteiger partial charge in [-0.15, -0.1) is 0 Å². The Bertz CT molecular complexity index is 1050. The van der Waals surface area contributed by atoms with Crippen LogP contribution in [0.4, 0.5) is 0 Å². The van der Waals surface area contributed by atoms with Gasteiger partial charge in [-0.05, 0) is 25.0 Å². The minimum absolute atomic E-state index is 0.113. The van der Waals surface area contributed by atoms with E-state index in [1.165, 1.54) is 0 Å². The summed E-state index contributed by atoms with van der Waals surface area (Å²) in [6, 6.07) is 17.3. The second-order valence-corrected chi connectivity index (χ2v) is 8.09. The topological polar surface area (TPSA) is 56.6 Å². The molecule has 0 N–H and O–H groups in total. The zero-order valence-electron chi connectivity index (χ0n) is 17.8. The number of halogens is 1. The molecule has 6 nitrogen and oxygen atoms in total. The number of nitrogens with zero attached hydrogens (tertiary/aromatic N) is 3. The predicted octanol–water partition coefficient (Wildman–Crippen LogP) is 4.92. The number of methoxy groups -OCH3 is 1. The molecule has 0 saturated heterocycles. The second-order valence-electron chi connectivity index (χ2n) is 7.68. The minimum atomic E-state index is 0.113. The Balaban J connectivity index is 1.75. The minimum Gasteiger partial charge on any atom is -0.437 e. The Kier molecular flexibility index (Phi) is 6.59. The highest BCUT2D eigenvalue weighted by Gasteiger charge is 2.34. The average Bonchev–Trinajstić information content (AvgIpc) is 3.59. The van der Waals surface area contributed by atoms with Gasteiger partial charge in [-0.3, -0.25) is 4.79 Å². The van der Waals surface area contributed by atoms with Crippen molar-refractivity contribution >= 4 is 17.5 Å². The fourth-order valence-electron chi connectivity index (χ4n) is 3.53. The lowest BCUT2D eigenvalue weighted by Crippen LogP contribution is -2.34. The molecule has 7 heteroatoms. The van der Waals surface area contributed by atoms with Crippen molar-refractivity contribution in [2.75, 3.05) is 20.3 Å². The molecular formula is C24H26ClN3O3. The maximum absolute atomic E-state index is 13.0. The number of para-hydroxylation sites is 1. The molecule has 1 aliphatic rings. The largest absolute Gasteiger partial charge is 0.437 e. The lowest BCUT2D eigenvalue weighted by Gasteiger charge is -2.23. The van der Waals surface area contributed by atoms with E-state index >= 15 is 0 Å². The summed E-state index contributed by atoms with van der Waals surface area (Å²) in [5.41, 5.74) is 2.60. The summed E-state index contributed by atoms with van der Waals surface area (Å²) in [6.45, 7) is 1.37. The molecule has 1 heterocycles. The van der Waals surface area contributed by atoms with Crippen molar-refractivity contribution in [3.63, 3.8) is 0 Å². The highest BCUT2D eigenvalue weighted by Crippen LogP contribution is 2.37. The number of carbonyl (C=O) groups excluding carboxylic acids is 1. The summed E-state index contributed by atoms with van der Waals surface area (Å²) in [5, 5.41) is 5.25. The van der Waals surface area contributed by atoms with Gasteiger partial charge in [0.05, 0.1) is 23.7 Å². The van der Waals surface area contributed by atoms with Gasteiger partial charge in [0, 0.05) is 32.2 Å². The molecule has 0 spiro atoms. The van der Waals surface area contributed by atoms with Gasteiger partial charge < -0.3 is 14.4 Å². The van der Waals surface area contributed by atoms with Gasteiger partial charge >= 0.3 is 0 Å². The first-order valence-corrected chi connectivity index (χ1v) is 10.8. The lowest BCUT2D eigenvalue weighted by atomic mass is 10.1. The number of rotatable bonds is 9. The fourth-order valence-corrected chi connectivity index (χ4v) is 3.70. The van der Waals surface area contributed by atoms with E-state index in [1.54, 1.807) is 17.9 Å². The van der Waals surface area contributed by atoms with E-state index in [4.69, 9.17) is 26.2 Å². The van der Waals surface area contributed by atoms with Gasteiger partial charge in [0.15, 0.2) is 0 Å². The van der Waals surface area contributed by atoms with Crippen LogP contribution in [0.1, 0.15) is 18.4 Å². The SMILES string of the molecule is COCCN(Cc1c(-c2ccccc2)nn(C)c1Oc1ccccc1Cl)C(=O)C1CC1. The number of aryl methyl sites for hydroxylation is 1. The molecule has 0 bridgehead atoms. The molecule has 1 aromatic heterocycles. The maximum Gasteiger partial charge on any atom is 0.226 e. The summed E-state index contributed by atoms with van der Waals surface area (Å²) in [4.78, 5) is 14.8. The van der Waals surface area contributed by atoms with Crippen molar-refractivity contribution in [2.45, 2.75) is 19.4 Å². The van der Waals surface area contributed by atoms with Crippen LogP contribution in [0.2, 0.25) is 5.02 Å². The Morgan fingerprint density at radius 2 is 1.87 bits per heavy atom. The first-order chi connectivity index (χ1) is 15.1. The van der Waals surface area contributed by atoms with Gasteiger partial charge in [0.25, 0.3) is 0 Å². The van der Waals surface area contributed by atoms with Crippen molar-refractivity contribution in [3.05, 3.63) is 65.2 Å². The summed E-state index contributed by atoms with van der Waals surface area (Å²) in [6.07, 6.45) is 1.90. The highest BCUT2D eigenvalue weighted by molar-refractivity contribution is 6.32. The van der Waals surface area contributed by atoms with Crippen molar-refractivity contribution in [2.24, 2.45) is 13.0 Å². The van der Waals surface area contributed by atoms with Gasteiger partial charge in [-0.2, -0.15) is 5.10 Å². The van der Waals surface area contributed by atoms with Gasteiger partial charge in [0.2, 0.25) is 11.8 Å². The van der Waals surface area contributed by atoms with Crippen molar-refractivity contribution in [3.8, 4) is 22.9 Å². The maximum atomic E-state index is 13.0. The predicted molar refractivity (Wildman–Crippen MR) is 120 cm³/mol. The van der Waals surface area contributed by atoms with Crippen LogP contribution in [0, 0.1) is 5.92 Å². The van der Waals surface area contributed by atoms with Gasteiger partial charge in [0.1, 0.15) is 11.4 Å². The van der Waals surface area contributed by atoms with E-state index in [0.717, 1.165) is 29.7 Å². The quantitative estimate of drug-likeness (QED) is 0.475. The first-order valence-electron chi connectivity index (χ1n) is 10.4. The molecule has 0 radical (unpaired) electrons. The van der Waals surface area contributed by atoms with Gasteiger partial charge in [-0.1, -0.05) is 54.1 Å². The number of hydrogen-bond donors (Lipinski definition) is 0. The van der Waals surface area contributed by atoms with Crippen LogP contribution < -0.4 is 4.74 Å². The van der Waals surface area contributed by atoms with Crippen LogP contribution in [0.25, 0.3) is 11.3 Å². The zero-order chi connectivity index (χ0) is 21.8. The smallest absolute Gasteiger partial charge is 0.226 e. The normalized spacial score (nSPS) is 13.3. The van der Waals surface area contributed by atoms with Crippen molar-refractivity contribution in [1.29, 1.82) is 0 Å². The highest BCUT2D eigenvalue weighted by atomic mass is 35.5. The molecule has 1 amide bonds. The summed E-state index contributed by atoms with van der Waals surface area (Å²) in [5.74, 6) is 1.38.